The van der Waals surface area contributed by atoms with Crippen LogP contribution >= 0.6 is 0 Å². The first-order valence-electron chi connectivity index (χ1n) is 8.19. The van der Waals surface area contributed by atoms with Crippen molar-refractivity contribution in [2.45, 2.75) is 0 Å². The summed E-state index contributed by atoms with van der Waals surface area (Å²) in [5.41, 5.74) is 2.05. The molecule has 1 fully saturated rings. The van der Waals surface area contributed by atoms with E-state index in [4.69, 9.17) is 4.74 Å². The monoisotopic (exact) mass is 338 g/mol. The number of ether oxygens (including phenoxy) is 1. The quantitative estimate of drug-likeness (QED) is 0.530. The minimum absolute atomic E-state index is 0.0873. The van der Waals surface area contributed by atoms with Crippen LogP contribution < -0.4 is 9.64 Å². The molecule has 2 aromatic carbocycles. The van der Waals surface area contributed by atoms with Crippen LogP contribution in [0.3, 0.4) is 0 Å². The number of fused-ring (bicyclic) bond motifs is 2. The summed E-state index contributed by atoms with van der Waals surface area (Å²) in [5.74, 6) is 1.24. The number of nitro groups is 1. The van der Waals surface area contributed by atoms with E-state index in [1.807, 2.05) is 24.3 Å². The van der Waals surface area contributed by atoms with E-state index in [1.54, 1.807) is 12.3 Å². The molecule has 0 atom stereocenters. The van der Waals surface area contributed by atoms with E-state index in [9.17, 15) is 10.1 Å². The Balaban J connectivity index is 1.85. The number of rotatable bonds is 2. The van der Waals surface area contributed by atoms with Crippen molar-refractivity contribution in [2.75, 3.05) is 38.1 Å². The number of benzene rings is 2. The Hall–Kier alpha value is -2.93. The SMILES string of the molecule is CN1CCN(c2c([N+](=O)[O-])ccc3c2C=Nc2ccccc2O3)CC1. The molecule has 2 aliphatic rings. The third-order valence-electron chi connectivity index (χ3n) is 4.59. The summed E-state index contributed by atoms with van der Waals surface area (Å²) < 4.78 is 6.01. The largest absolute Gasteiger partial charge is 0.454 e. The second-order valence-electron chi connectivity index (χ2n) is 6.22. The minimum Gasteiger partial charge on any atom is -0.454 e. The van der Waals surface area contributed by atoms with Crippen molar-refractivity contribution in [2.24, 2.45) is 4.99 Å². The van der Waals surface area contributed by atoms with Crippen molar-refractivity contribution in [3.63, 3.8) is 0 Å². The fourth-order valence-corrected chi connectivity index (χ4v) is 3.20. The Kier molecular flexibility index (Phi) is 3.85. The summed E-state index contributed by atoms with van der Waals surface area (Å²) in [7, 11) is 2.05. The predicted octanol–water partition coefficient (Wildman–Crippen LogP) is 3.20. The van der Waals surface area contributed by atoms with E-state index >= 15 is 0 Å². The third-order valence-corrected chi connectivity index (χ3v) is 4.59. The summed E-state index contributed by atoms with van der Waals surface area (Å²) in [6.07, 6.45) is 1.68. The predicted molar refractivity (Wildman–Crippen MR) is 96.6 cm³/mol. The third kappa shape index (κ3) is 2.83. The molecule has 128 valence electrons. The minimum atomic E-state index is -0.334. The van der Waals surface area contributed by atoms with Gasteiger partial charge in [0.05, 0.1) is 10.5 Å². The highest BCUT2D eigenvalue weighted by Gasteiger charge is 2.28. The Morgan fingerprint density at radius 2 is 1.84 bits per heavy atom. The molecule has 2 aromatic rings. The van der Waals surface area contributed by atoms with Crippen LogP contribution in [0.25, 0.3) is 0 Å². The average molecular weight is 338 g/mol. The van der Waals surface area contributed by atoms with Crippen LogP contribution in [0.1, 0.15) is 5.56 Å². The maximum absolute atomic E-state index is 11.6. The molecule has 0 spiro atoms. The second-order valence-corrected chi connectivity index (χ2v) is 6.22. The van der Waals surface area contributed by atoms with E-state index in [1.165, 1.54) is 6.07 Å². The van der Waals surface area contributed by atoms with Gasteiger partial charge in [-0.2, -0.15) is 0 Å². The van der Waals surface area contributed by atoms with E-state index in [-0.39, 0.29) is 10.6 Å². The molecule has 0 amide bonds. The van der Waals surface area contributed by atoms with Crippen molar-refractivity contribution in [1.29, 1.82) is 0 Å². The zero-order valence-electron chi connectivity index (χ0n) is 13.9. The van der Waals surface area contributed by atoms with Crippen molar-refractivity contribution >= 4 is 23.3 Å². The molecule has 2 aliphatic heterocycles. The first-order valence-corrected chi connectivity index (χ1v) is 8.19. The van der Waals surface area contributed by atoms with Crippen LogP contribution in [-0.2, 0) is 0 Å². The van der Waals surface area contributed by atoms with Crippen molar-refractivity contribution in [1.82, 2.24) is 4.90 Å². The van der Waals surface area contributed by atoms with Crippen LogP contribution in [0.4, 0.5) is 17.1 Å². The molecule has 2 heterocycles. The number of aliphatic imine (C=N–C) groups is 1. The van der Waals surface area contributed by atoms with Crippen LogP contribution in [0.2, 0.25) is 0 Å². The fourth-order valence-electron chi connectivity index (χ4n) is 3.20. The number of anilines is 1. The summed E-state index contributed by atoms with van der Waals surface area (Å²) in [4.78, 5) is 20.0. The number of nitrogens with zero attached hydrogens (tertiary/aromatic N) is 4. The lowest BCUT2D eigenvalue weighted by Crippen LogP contribution is -2.45. The number of para-hydroxylation sites is 2. The highest BCUT2D eigenvalue weighted by atomic mass is 16.6. The van der Waals surface area contributed by atoms with Gasteiger partial charge >= 0.3 is 0 Å². The van der Waals surface area contributed by atoms with Crippen LogP contribution in [-0.4, -0.2) is 49.3 Å². The molecule has 25 heavy (non-hydrogen) atoms. The molecule has 0 N–H and O–H groups in total. The molecule has 0 unspecified atom stereocenters. The summed E-state index contributed by atoms with van der Waals surface area (Å²) in [5, 5.41) is 11.6. The van der Waals surface area contributed by atoms with Gasteiger partial charge in [-0.3, -0.25) is 15.1 Å². The Labute approximate surface area is 145 Å². The number of piperazine rings is 1. The first kappa shape index (κ1) is 15.6. The van der Waals surface area contributed by atoms with Crippen molar-refractivity contribution in [3.05, 3.63) is 52.1 Å². The summed E-state index contributed by atoms with van der Waals surface area (Å²) in [6.45, 7) is 3.18. The highest BCUT2D eigenvalue weighted by Crippen LogP contribution is 2.42. The van der Waals surface area contributed by atoms with Gasteiger partial charge in [-0.05, 0) is 25.2 Å². The van der Waals surface area contributed by atoms with Crippen molar-refractivity contribution in [3.8, 4) is 11.5 Å². The molecule has 0 saturated carbocycles. The van der Waals surface area contributed by atoms with Gasteiger partial charge in [-0.15, -0.1) is 0 Å². The number of hydrogen-bond donors (Lipinski definition) is 0. The Bertz CT molecular complexity index is 857. The van der Waals surface area contributed by atoms with Crippen LogP contribution in [0, 0.1) is 10.1 Å². The van der Waals surface area contributed by atoms with Gasteiger partial charge in [0.15, 0.2) is 5.75 Å². The van der Waals surface area contributed by atoms with Crippen molar-refractivity contribution < 1.29 is 9.66 Å². The van der Waals surface area contributed by atoms with E-state index < -0.39 is 0 Å². The van der Waals surface area contributed by atoms with Gasteiger partial charge < -0.3 is 14.5 Å². The van der Waals surface area contributed by atoms with Crippen LogP contribution in [0.5, 0.6) is 11.5 Å². The summed E-state index contributed by atoms with van der Waals surface area (Å²) in [6, 6.07) is 10.7. The average Bonchev–Trinajstić information content (AvgIpc) is 2.80. The van der Waals surface area contributed by atoms with E-state index in [0.29, 0.717) is 28.4 Å². The fraction of sp³-hybridized carbons (Fsp3) is 0.278. The Morgan fingerprint density at radius 3 is 2.60 bits per heavy atom. The zero-order valence-corrected chi connectivity index (χ0v) is 13.9. The van der Waals surface area contributed by atoms with Gasteiger partial charge in [0, 0.05) is 38.5 Å². The second kappa shape index (κ2) is 6.18. The topological polar surface area (TPSA) is 71.2 Å². The first-order chi connectivity index (χ1) is 12.1. The molecule has 0 aliphatic carbocycles. The van der Waals surface area contributed by atoms with Gasteiger partial charge in [0.2, 0.25) is 0 Å². The lowest BCUT2D eigenvalue weighted by atomic mass is 10.1. The smallest absolute Gasteiger partial charge is 0.293 e. The molecular formula is C18H18N4O3. The highest BCUT2D eigenvalue weighted by molar-refractivity contribution is 5.97. The van der Waals surface area contributed by atoms with Gasteiger partial charge in [0.25, 0.3) is 5.69 Å². The molecular weight excluding hydrogens is 320 g/mol. The number of hydrogen-bond acceptors (Lipinski definition) is 6. The zero-order chi connectivity index (χ0) is 17.4. The molecule has 0 bridgehead atoms. The normalized spacial score (nSPS) is 16.6. The van der Waals surface area contributed by atoms with Gasteiger partial charge in [-0.25, -0.2) is 0 Å². The number of nitro benzene ring substituents is 1. The standard InChI is InChI=1S/C18H18N4O3/c1-20-8-10-21(11-9-20)18-13-12-19-14-4-2-3-5-17(14)25-16(13)7-6-15(18)22(23)24/h2-7,12H,8-11H2,1H3. The molecule has 1 saturated heterocycles. The maximum atomic E-state index is 11.6. The Morgan fingerprint density at radius 1 is 1.08 bits per heavy atom. The molecule has 7 nitrogen and oxygen atoms in total. The molecule has 7 heteroatoms. The summed E-state index contributed by atoms with van der Waals surface area (Å²) >= 11 is 0. The van der Waals surface area contributed by atoms with E-state index in [2.05, 4.69) is 21.8 Å². The molecule has 4 rings (SSSR count). The maximum Gasteiger partial charge on any atom is 0.293 e. The number of likely N-dealkylation sites (N-methyl/N-ethyl adjacent to an activating group) is 1. The molecule has 0 radical (unpaired) electrons. The van der Waals surface area contributed by atoms with Crippen LogP contribution in [0.15, 0.2) is 41.4 Å². The lowest BCUT2D eigenvalue weighted by Gasteiger charge is -2.34. The van der Waals surface area contributed by atoms with Gasteiger partial charge in [-0.1, -0.05) is 12.1 Å². The lowest BCUT2D eigenvalue weighted by molar-refractivity contribution is -0.384. The van der Waals surface area contributed by atoms with Gasteiger partial charge in [0.1, 0.15) is 17.1 Å². The molecule has 0 aromatic heterocycles. The van der Waals surface area contributed by atoms with E-state index in [0.717, 1.165) is 26.2 Å².